The van der Waals surface area contributed by atoms with Gasteiger partial charge in [0.15, 0.2) is 23.3 Å². The molecule has 50 heavy (non-hydrogen) atoms. The van der Waals surface area contributed by atoms with Crippen LogP contribution in [0.4, 0.5) is 0 Å². The fourth-order valence-electron chi connectivity index (χ4n) is 5.20. The Balaban J connectivity index is 1.26. The molecule has 4 N–H and O–H groups in total. The molecule has 1 aliphatic rings. The first-order valence-corrected chi connectivity index (χ1v) is 17.1. The van der Waals surface area contributed by atoms with Crippen LogP contribution in [0.3, 0.4) is 0 Å². The van der Waals surface area contributed by atoms with Crippen LogP contribution in [0.2, 0.25) is 0 Å². The summed E-state index contributed by atoms with van der Waals surface area (Å²) in [7, 11) is 0. The van der Waals surface area contributed by atoms with E-state index in [2.05, 4.69) is 61.2 Å². The Hall–Kier alpha value is -5.44. The first-order chi connectivity index (χ1) is 24.4. The Morgan fingerprint density at radius 1 is 0.400 bits per heavy atom. The van der Waals surface area contributed by atoms with Crippen molar-refractivity contribution in [1.82, 2.24) is 59.5 Å². The van der Waals surface area contributed by atoms with Gasteiger partial charge < -0.3 is 0 Å². The van der Waals surface area contributed by atoms with Crippen LogP contribution in [-0.2, 0) is 25.7 Å². The molecular weight excluding hydrogens is 713 g/mol. The molecule has 0 fully saturated rings. The van der Waals surface area contributed by atoms with Gasteiger partial charge in [-0.25, -0.2) is 0 Å². The van der Waals surface area contributed by atoms with Crippen molar-refractivity contribution in [3.63, 3.8) is 0 Å². The maximum atomic E-state index is 5.50. The summed E-state index contributed by atoms with van der Waals surface area (Å²) in [6.07, 6.45) is 10.5. The van der Waals surface area contributed by atoms with Crippen molar-refractivity contribution >= 4 is 73.7 Å². The summed E-state index contributed by atoms with van der Waals surface area (Å²) >= 11 is 22.0. The van der Waals surface area contributed by atoms with E-state index < -0.39 is 0 Å². The molecule has 7 rings (SSSR count). The molecule has 6 aromatic rings. The summed E-state index contributed by atoms with van der Waals surface area (Å²) in [4.78, 5) is 0. The SMILES string of the molecule is S=c1[nH]nc2n1/N=C/c1ccccc1/C=N/n1c(n[nH]c1=S)CCCc1n[nH]c(=S)n1/N=C/c1ccccc1/C=N/n1c(n[nH]c1=S)CCC2. The minimum Gasteiger partial charge on any atom is -0.250 e. The summed E-state index contributed by atoms with van der Waals surface area (Å²) in [6, 6.07) is 15.5. The van der Waals surface area contributed by atoms with Gasteiger partial charge in [0.25, 0.3) is 0 Å². The van der Waals surface area contributed by atoms with Crippen molar-refractivity contribution in [1.29, 1.82) is 0 Å². The number of benzene rings is 2. The zero-order valence-corrected chi connectivity index (χ0v) is 29.4. The molecule has 0 amide bonds. The summed E-state index contributed by atoms with van der Waals surface area (Å²) in [5, 5.41) is 47.7. The lowest BCUT2D eigenvalue weighted by molar-refractivity contribution is 0.669. The number of hydrogen-bond acceptors (Lipinski definition) is 12. The number of rotatable bonds is 0. The molecule has 2 aromatic carbocycles. The van der Waals surface area contributed by atoms with E-state index in [-0.39, 0.29) is 0 Å². The van der Waals surface area contributed by atoms with E-state index in [0.717, 1.165) is 22.3 Å². The number of H-pyrrole nitrogens is 4. The highest BCUT2D eigenvalue weighted by Gasteiger charge is 2.12. The largest absolute Gasteiger partial charge is 0.250 e. The van der Waals surface area contributed by atoms with Crippen molar-refractivity contribution in [3.8, 4) is 0 Å². The minimum absolute atomic E-state index is 0.378. The van der Waals surface area contributed by atoms with Crippen molar-refractivity contribution < 1.29 is 0 Å². The van der Waals surface area contributed by atoms with Crippen LogP contribution >= 0.6 is 48.9 Å². The molecule has 20 heteroatoms. The number of nitrogens with zero attached hydrogens (tertiary/aromatic N) is 12. The van der Waals surface area contributed by atoms with Gasteiger partial charge in [-0.05, 0) is 61.7 Å². The standard InChI is InChI=1S/C30H28N16S4/c47-27-39-35-23-11-5-13-25-37-41-29(49)45(25)33-17-21-9-3-4-10-22(21)18-34-46-26(38-42-30(46)50)14-6-12-24-36-40-28(48)44(24)32-16-20-8-2-1-7-19(20)15-31-43(23)27/h1-4,7-10,15-18H,5-6,11-14H2,(H,39,47)(H,40,48)(H,41,49)(H,42,50)/b31-15+,32-16+,33-17+,34-18+. The highest BCUT2D eigenvalue weighted by molar-refractivity contribution is 7.71. The molecule has 0 spiro atoms. The van der Waals surface area contributed by atoms with Crippen molar-refractivity contribution in [2.45, 2.75) is 38.5 Å². The molecule has 0 radical (unpaired) electrons. The number of fused-ring (bicyclic) bond motifs is 6. The lowest BCUT2D eigenvalue weighted by Gasteiger charge is -2.05. The summed E-state index contributed by atoms with van der Waals surface area (Å²) in [5.41, 5.74) is 3.28. The molecule has 5 heterocycles. The third kappa shape index (κ3) is 7.27. The topological polar surface area (TPSA) is 184 Å². The second kappa shape index (κ2) is 15.0. The maximum Gasteiger partial charge on any atom is 0.216 e. The van der Waals surface area contributed by atoms with E-state index in [1.54, 1.807) is 43.6 Å². The molecule has 4 aromatic heterocycles. The van der Waals surface area contributed by atoms with Crippen LogP contribution in [0.1, 0.15) is 58.4 Å². The monoisotopic (exact) mass is 740 g/mol. The first kappa shape index (κ1) is 33.1. The number of hydrogen-bond donors (Lipinski definition) is 4. The lowest BCUT2D eigenvalue weighted by Crippen LogP contribution is -2.05. The van der Waals surface area contributed by atoms with Gasteiger partial charge in [-0.2, -0.15) is 59.5 Å². The summed E-state index contributed by atoms with van der Waals surface area (Å²) in [5.74, 6) is 2.69. The predicted molar refractivity (Wildman–Crippen MR) is 199 cm³/mol. The van der Waals surface area contributed by atoms with Crippen molar-refractivity contribution in [3.05, 3.63) is 113 Å². The highest BCUT2D eigenvalue weighted by Crippen LogP contribution is 2.12. The number of aromatic nitrogens is 12. The molecule has 16 nitrogen and oxygen atoms in total. The molecule has 0 bridgehead atoms. The Bertz CT molecular complexity index is 2170. The van der Waals surface area contributed by atoms with Gasteiger partial charge in [0.05, 0.1) is 24.9 Å². The average Bonchev–Trinajstić information content (AvgIpc) is 3.87. The lowest BCUT2D eigenvalue weighted by atomic mass is 10.1. The number of nitrogens with one attached hydrogen (secondary N) is 4. The van der Waals surface area contributed by atoms with Crippen LogP contribution in [-0.4, -0.2) is 84.4 Å². The van der Waals surface area contributed by atoms with E-state index in [0.29, 0.717) is 80.9 Å². The quantitative estimate of drug-likeness (QED) is 0.159. The van der Waals surface area contributed by atoms with Crippen LogP contribution < -0.4 is 0 Å². The van der Waals surface area contributed by atoms with Gasteiger partial charge >= 0.3 is 0 Å². The molecule has 0 saturated heterocycles. The van der Waals surface area contributed by atoms with Crippen LogP contribution in [0.15, 0.2) is 68.9 Å². The van der Waals surface area contributed by atoms with E-state index >= 15 is 0 Å². The Labute approximate surface area is 304 Å². The number of aromatic amines is 4. The van der Waals surface area contributed by atoms with Crippen molar-refractivity contribution in [2.24, 2.45) is 20.4 Å². The van der Waals surface area contributed by atoms with Gasteiger partial charge in [0, 0.05) is 47.9 Å². The van der Waals surface area contributed by atoms with Crippen LogP contribution in [0.25, 0.3) is 0 Å². The second-order valence-electron chi connectivity index (χ2n) is 11.0. The first-order valence-electron chi connectivity index (χ1n) is 15.5. The number of aryl methyl sites for hydroxylation is 4. The van der Waals surface area contributed by atoms with Crippen LogP contribution in [0.5, 0.6) is 0 Å². The summed E-state index contributed by atoms with van der Waals surface area (Å²) < 4.78 is 7.97. The molecule has 0 saturated carbocycles. The minimum atomic E-state index is 0.378. The Morgan fingerprint density at radius 2 is 0.640 bits per heavy atom. The molecule has 0 aliphatic carbocycles. The highest BCUT2D eigenvalue weighted by atomic mass is 32.1. The predicted octanol–water partition coefficient (Wildman–Crippen LogP) is 4.90. The van der Waals surface area contributed by atoms with Gasteiger partial charge in [0.1, 0.15) is 0 Å². The van der Waals surface area contributed by atoms with Gasteiger partial charge in [-0.1, -0.05) is 48.5 Å². The van der Waals surface area contributed by atoms with Gasteiger partial charge in [0.2, 0.25) is 19.1 Å². The Kier molecular flexibility index (Phi) is 9.91. The molecular formula is C30H28N16S4. The fourth-order valence-corrected chi connectivity index (χ4v) is 5.99. The smallest absolute Gasteiger partial charge is 0.216 e. The van der Waals surface area contributed by atoms with E-state index in [1.807, 2.05) is 48.5 Å². The zero-order chi connectivity index (χ0) is 34.5. The van der Waals surface area contributed by atoms with E-state index in [1.165, 1.54) is 0 Å². The Morgan fingerprint density at radius 3 is 0.880 bits per heavy atom. The van der Waals surface area contributed by atoms with Crippen molar-refractivity contribution in [2.75, 3.05) is 0 Å². The average molecular weight is 741 g/mol. The summed E-state index contributed by atoms with van der Waals surface area (Å²) in [6.45, 7) is 0. The van der Waals surface area contributed by atoms with E-state index in [9.17, 15) is 0 Å². The van der Waals surface area contributed by atoms with Crippen LogP contribution in [0, 0.1) is 19.1 Å². The normalized spacial score (nSPS) is 16.5. The third-order valence-electron chi connectivity index (χ3n) is 7.71. The second-order valence-corrected chi connectivity index (χ2v) is 12.5. The molecule has 1 aliphatic heterocycles. The van der Waals surface area contributed by atoms with E-state index in [4.69, 9.17) is 48.9 Å². The third-order valence-corrected chi connectivity index (χ3v) is 8.77. The molecule has 252 valence electrons. The zero-order valence-electron chi connectivity index (χ0n) is 26.2. The maximum absolute atomic E-state index is 5.50. The molecule has 0 unspecified atom stereocenters. The fraction of sp³-hybridized carbons (Fsp3) is 0.200. The van der Waals surface area contributed by atoms with Gasteiger partial charge in [-0.15, -0.1) is 0 Å². The van der Waals surface area contributed by atoms with Gasteiger partial charge in [-0.3, -0.25) is 20.4 Å². The molecule has 0 atom stereocenters.